The summed E-state index contributed by atoms with van der Waals surface area (Å²) in [6, 6.07) is 1.63. The molecule has 1 aromatic rings. The Labute approximate surface area is 163 Å². The number of nitrogen functional groups attached to an aromatic ring is 1. The van der Waals surface area contributed by atoms with Gasteiger partial charge in [0.1, 0.15) is 18.5 Å². The summed E-state index contributed by atoms with van der Waals surface area (Å²) in [4.78, 5) is 15.1. The molecule has 0 saturated carbocycles. The maximum Gasteiger partial charge on any atom is 0.255 e. The quantitative estimate of drug-likeness (QED) is 0.476. The first-order valence-corrected chi connectivity index (χ1v) is 9.34. The molecule has 1 saturated heterocycles. The summed E-state index contributed by atoms with van der Waals surface area (Å²) in [5.41, 5.74) is 6.94. The Hall–Kier alpha value is -1.58. The van der Waals surface area contributed by atoms with Gasteiger partial charge in [-0.15, -0.1) is 0 Å². The number of hydrogen-bond donors (Lipinski definition) is 3. The molecule has 0 bridgehead atoms. The van der Waals surface area contributed by atoms with E-state index in [1.165, 1.54) is 6.07 Å². The number of ether oxygens (including phenoxy) is 2. The molecule has 1 aromatic carbocycles. The summed E-state index contributed by atoms with van der Waals surface area (Å²) in [7, 11) is 1.71. The van der Waals surface area contributed by atoms with Crippen molar-refractivity contribution in [1.82, 2.24) is 10.2 Å². The van der Waals surface area contributed by atoms with E-state index in [2.05, 4.69) is 10.2 Å². The van der Waals surface area contributed by atoms with Crippen LogP contribution in [0.2, 0.25) is 5.02 Å². The van der Waals surface area contributed by atoms with Gasteiger partial charge in [-0.1, -0.05) is 11.6 Å². The molecule has 1 unspecified atom stereocenters. The highest BCUT2D eigenvalue weighted by molar-refractivity contribution is 6.33. The van der Waals surface area contributed by atoms with E-state index in [0.29, 0.717) is 16.9 Å². The molecule has 2 aliphatic rings. The van der Waals surface area contributed by atoms with E-state index in [1.54, 1.807) is 7.11 Å². The highest BCUT2D eigenvalue weighted by atomic mass is 35.5. The molecule has 1 atom stereocenters. The smallest absolute Gasteiger partial charge is 0.255 e. The molecule has 3 rings (SSSR count). The Balaban J connectivity index is 0.00000261. The van der Waals surface area contributed by atoms with Gasteiger partial charge in [-0.2, -0.15) is 0 Å². The number of rotatable bonds is 6. The number of likely N-dealkylation sites (tertiary alicyclic amines) is 1. The second-order valence-electron chi connectivity index (χ2n) is 6.82. The maximum absolute atomic E-state index is 12.7. The molecule has 152 valence electrons. The molecule has 2 heterocycles. The number of piperidine rings is 1. The second-order valence-corrected chi connectivity index (χ2v) is 7.23. The number of nitrogens with two attached hydrogens (primary N) is 1. The van der Waals surface area contributed by atoms with Crippen molar-refractivity contribution in [2.75, 3.05) is 45.7 Å². The predicted octanol–water partition coefficient (Wildman–Crippen LogP) is 0.754. The van der Waals surface area contributed by atoms with Crippen LogP contribution in [0.5, 0.6) is 5.75 Å². The Bertz CT molecular complexity index is 665. The molecule has 0 radical (unpaired) electrons. The topological polar surface area (TPSA) is 129 Å². The van der Waals surface area contributed by atoms with Gasteiger partial charge in [-0.05, 0) is 25.3 Å². The monoisotopic (exact) mass is 401 g/mol. The van der Waals surface area contributed by atoms with Crippen molar-refractivity contribution in [1.29, 1.82) is 0 Å². The van der Waals surface area contributed by atoms with E-state index < -0.39 is 6.10 Å². The number of anilines is 1. The van der Waals surface area contributed by atoms with Crippen LogP contribution < -0.4 is 15.8 Å². The Kier molecular flexibility index (Phi) is 7.69. The fraction of sp³-hybridized carbons (Fsp3) is 0.611. The summed E-state index contributed by atoms with van der Waals surface area (Å²) >= 11 is 6.14. The van der Waals surface area contributed by atoms with Crippen LogP contribution in [0.4, 0.5) is 5.69 Å². The van der Waals surface area contributed by atoms with Gasteiger partial charge in [0.05, 0.1) is 21.8 Å². The van der Waals surface area contributed by atoms with Crippen molar-refractivity contribution >= 4 is 23.2 Å². The lowest BCUT2D eigenvalue weighted by Gasteiger charge is -2.32. The third-order valence-electron chi connectivity index (χ3n) is 5.02. The Morgan fingerprint density at radius 1 is 1.48 bits per heavy atom. The molecule has 1 fully saturated rings. The van der Waals surface area contributed by atoms with Crippen molar-refractivity contribution in [3.63, 3.8) is 0 Å². The van der Waals surface area contributed by atoms with Crippen LogP contribution in [0.15, 0.2) is 6.07 Å². The minimum atomic E-state index is -0.856. The number of benzene rings is 1. The average molecular weight is 402 g/mol. The molecule has 0 spiro atoms. The van der Waals surface area contributed by atoms with E-state index in [9.17, 15) is 9.90 Å². The molecular weight excluding hydrogens is 374 g/mol. The first-order chi connectivity index (χ1) is 12.5. The van der Waals surface area contributed by atoms with Crippen molar-refractivity contribution in [3.05, 3.63) is 22.2 Å². The number of fused-ring (bicyclic) bond motifs is 1. The zero-order valence-corrected chi connectivity index (χ0v) is 16.2. The van der Waals surface area contributed by atoms with Gasteiger partial charge >= 0.3 is 0 Å². The van der Waals surface area contributed by atoms with E-state index in [0.717, 1.165) is 45.5 Å². The van der Waals surface area contributed by atoms with Crippen LogP contribution in [0.25, 0.3) is 0 Å². The summed E-state index contributed by atoms with van der Waals surface area (Å²) < 4.78 is 10.6. The van der Waals surface area contributed by atoms with Crippen LogP contribution in [0.1, 0.15) is 41.3 Å². The highest BCUT2D eigenvalue weighted by Crippen LogP contribution is 2.43. The van der Waals surface area contributed by atoms with Gasteiger partial charge in [0.15, 0.2) is 0 Å². The normalized spacial score (nSPS) is 19.9. The minimum absolute atomic E-state index is 0. The first-order valence-electron chi connectivity index (χ1n) is 8.96. The van der Waals surface area contributed by atoms with Crippen molar-refractivity contribution in [2.45, 2.75) is 31.4 Å². The molecular formula is C18H28ClN3O5. The lowest BCUT2D eigenvalue weighted by Crippen LogP contribution is -2.45. The minimum Gasteiger partial charge on any atom is -0.489 e. The summed E-state index contributed by atoms with van der Waals surface area (Å²) in [5.74, 6) is 0.101. The fourth-order valence-corrected chi connectivity index (χ4v) is 3.77. The van der Waals surface area contributed by atoms with Gasteiger partial charge in [0.2, 0.25) is 0 Å². The van der Waals surface area contributed by atoms with Crippen molar-refractivity contribution < 1.29 is 24.9 Å². The summed E-state index contributed by atoms with van der Waals surface area (Å²) in [5, 5.41) is 13.3. The molecule has 1 amide bonds. The second kappa shape index (κ2) is 9.57. The molecule has 0 aliphatic carbocycles. The standard InChI is InChI=1S/C18H26ClN3O4.H2O/c1-25-8-2-5-22-6-3-11(4-7-22)21-18(24)12-9-13(19)16(20)15-14(23)10-26-17(12)15;/h9,11,14,23H,2-8,10,20H2,1H3,(H,21,24);1H2. The van der Waals surface area contributed by atoms with Gasteiger partial charge < -0.3 is 36.0 Å². The van der Waals surface area contributed by atoms with Crippen LogP contribution in [0.3, 0.4) is 0 Å². The van der Waals surface area contributed by atoms with Gasteiger partial charge in [0, 0.05) is 39.4 Å². The van der Waals surface area contributed by atoms with Gasteiger partial charge in [-0.25, -0.2) is 0 Å². The van der Waals surface area contributed by atoms with Crippen LogP contribution >= 0.6 is 11.6 Å². The highest BCUT2D eigenvalue weighted by Gasteiger charge is 2.32. The van der Waals surface area contributed by atoms with E-state index in [1.807, 2.05) is 0 Å². The van der Waals surface area contributed by atoms with Crippen LogP contribution in [-0.4, -0.2) is 67.4 Å². The first kappa shape index (κ1) is 21.7. The van der Waals surface area contributed by atoms with Crippen molar-refractivity contribution in [2.24, 2.45) is 0 Å². The SMILES string of the molecule is COCCCN1CCC(NC(=O)c2cc(Cl)c(N)c3c2OCC3O)CC1.O. The van der Waals surface area contributed by atoms with E-state index in [4.69, 9.17) is 26.8 Å². The van der Waals surface area contributed by atoms with E-state index >= 15 is 0 Å². The lowest BCUT2D eigenvalue weighted by molar-refractivity contribution is 0.0902. The average Bonchev–Trinajstić information content (AvgIpc) is 3.01. The lowest BCUT2D eigenvalue weighted by atomic mass is 10.0. The van der Waals surface area contributed by atoms with Crippen LogP contribution in [0, 0.1) is 0 Å². The third kappa shape index (κ3) is 4.83. The van der Waals surface area contributed by atoms with Crippen molar-refractivity contribution in [3.8, 4) is 5.75 Å². The number of carbonyl (C=O) groups excluding carboxylic acids is 1. The third-order valence-corrected chi connectivity index (χ3v) is 5.33. The van der Waals surface area contributed by atoms with E-state index in [-0.39, 0.29) is 34.7 Å². The molecule has 6 N–H and O–H groups in total. The maximum atomic E-state index is 12.7. The number of nitrogens with zero attached hydrogens (tertiary/aromatic N) is 1. The largest absolute Gasteiger partial charge is 0.489 e. The van der Waals surface area contributed by atoms with Crippen LogP contribution in [-0.2, 0) is 4.74 Å². The molecule has 9 heteroatoms. The number of methoxy groups -OCH3 is 1. The fourth-order valence-electron chi connectivity index (χ4n) is 3.56. The number of amides is 1. The number of halogens is 1. The Morgan fingerprint density at radius 3 is 2.85 bits per heavy atom. The number of nitrogens with one attached hydrogen (secondary N) is 1. The number of aliphatic hydroxyl groups is 1. The summed E-state index contributed by atoms with van der Waals surface area (Å²) in [6.45, 7) is 3.77. The molecule has 27 heavy (non-hydrogen) atoms. The number of aliphatic hydroxyl groups excluding tert-OH is 1. The molecule has 2 aliphatic heterocycles. The summed E-state index contributed by atoms with van der Waals surface area (Å²) in [6.07, 6.45) is 1.95. The van der Waals surface area contributed by atoms with Gasteiger partial charge in [-0.3, -0.25) is 4.79 Å². The predicted molar refractivity (Wildman–Crippen MR) is 103 cm³/mol. The van der Waals surface area contributed by atoms with Gasteiger partial charge in [0.25, 0.3) is 5.91 Å². The number of carbonyl (C=O) groups is 1. The zero-order chi connectivity index (χ0) is 18.7. The molecule has 0 aromatic heterocycles. The zero-order valence-electron chi connectivity index (χ0n) is 15.5. The number of hydrogen-bond acceptors (Lipinski definition) is 6. The Morgan fingerprint density at radius 2 is 2.19 bits per heavy atom. The molecule has 8 nitrogen and oxygen atoms in total.